The van der Waals surface area contributed by atoms with Crippen LogP contribution in [0.5, 0.6) is 11.5 Å². The van der Waals surface area contributed by atoms with Gasteiger partial charge in [-0.25, -0.2) is 0 Å². The van der Waals surface area contributed by atoms with E-state index in [4.69, 9.17) is 9.47 Å². The molecule has 32 heavy (non-hydrogen) atoms. The fraction of sp³-hybridized carbons (Fsp3) is 0.379. The fourth-order valence-electron chi connectivity index (χ4n) is 4.68. The molecule has 0 N–H and O–H groups in total. The summed E-state index contributed by atoms with van der Waals surface area (Å²) in [7, 11) is 3.51. The maximum atomic E-state index is 5.91. The summed E-state index contributed by atoms with van der Waals surface area (Å²) in [5.74, 6) is 1.80. The van der Waals surface area contributed by atoms with Crippen LogP contribution in [0.1, 0.15) is 56.7 Å². The highest BCUT2D eigenvalue weighted by molar-refractivity contribution is 14.1. The number of rotatable bonds is 10. The number of hydrogen-bond acceptors (Lipinski definition) is 2. The van der Waals surface area contributed by atoms with Gasteiger partial charge in [-0.3, -0.25) is 0 Å². The monoisotopic (exact) mass is 542 g/mol. The minimum absolute atomic E-state index is 0.894. The standard InChI is InChI=1S/C29H35IO2/c1-6-12-21-19-22(13-7-2)27(28-24(31-4)17-18-25(32-5)29(28)30)23(14-8-3)26(21)20-15-10-9-11-16-20/h9-11,15-19H,6-8,12-14H2,1-5H3. The van der Waals surface area contributed by atoms with Crippen molar-refractivity contribution < 1.29 is 9.47 Å². The van der Waals surface area contributed by atoms with Gasteiger partial charge >= 0.3 is 0 Å². The Hall–Kier alpha value is -2.01. The summed E-state index contributed by atoms with van der Waals surface area (Å²) in [5, 5.41) is 0. The van der Waals surface area contributed by atoms with Crippen molar-refractivity contribution in [3.63, 3.8) is 0 Å². The van der Waals surface area contributed by atoms with Gasteiger partial charge in [-0.05, 0) is 87.4 Å². The van der Waals surface area contributed by atoms with Crippen molar-refractivity contribution in [1.29, 1.82) is 0 Å². The van der Waals surface area contributed by atoms with Crippen LogP contribution in [0.4, 0.5) is 0 Å². The van der Waals surface area contributed by atoms with E-state index in [1.54, 1.807) is 14.2 Å². The predicted molar refractivity (Wildman–Crippen MR) is 145 cm³/mol. The summed E-state index contributed by atoms with van der Waals surface area (Å²) in [5.41, 5.74) is 9.55. The quantitative estimate of drug-likeness (QED) is 0.239. The van der Waals surface area contributed by atoms with Gasteiger partial charge in [0.25, 0.3) is 0 Å². The van der Waals surface area contributed by atoms with Gasteiger partial charge < -0.3 is 9.47 Å². The fourth-order valence-corrected chi connectivity index (χ4v) is 5.61. The van der Waals surface area contributed by atoms with Crippen LogP contribution < -0.4 is 9.47 Å². The van der Waals surface area contributed by atoms with E-state index < -0.39 is 0 Å². The Labute approximate surface area is 207 Å². The smallest absolute Gasteiger partial charge is 0.133 e. The van der Waals surface area contributed by atoms with Crippen molar-refractivity contribution >= 4 is 22.6 Å². The first-order valence-electron chi connectivity index (χ1n) is 11.7. The number of ether oxygens (including phenoxy) is 2. The van der Waals surface area contributed by atoms with E-state index in [-0.39, 0.29) is 0 Å². The molecule has 0 fully saturated rings. The van der Waals surface area contributed by atoms with Crippen LogP contribution in [0, 0.1) is 3.57 Å². The van der Waals surface area contributed by atoms with Crippen molar-refractivity contribution in [2.45, 2.75) is 59.3 Å². The zero-order valence-electron chi connectivity index (χ0n) is 20.1. The zero-order valence-corrected chi connectivity index (χ0v) is 22.2. The van der Waals surface area contributed by atoms with E-state index in [1.165, 1.54) is 38.9 Å². The lowest BCUT2D eigenvalue weighted by molar-refractivity contribution is 0.402. The molecule has 2 nitrogen and oxygen atoms in total. The van der Waals surface area contributed by atoms with Gasteiger partial charge in [-0.1, -0.05) is 76.4 Å². The molecule has 0 saturated carbocycles. The molecule has 0 heterocycles. The van der Waals surface area contributed by atoms with Crippen molar-refractivity contribution in [3.05, 3.63) is 68.8 Å². The number of halogens is 1. The lowest BCUT2D eigenvalue weighted by Crippen LogP contribution is -2.06. The second-order valence-electron chi connectivity index (χ2n) is 8.20. The summed E-state index contributed by atoms with van der Waals surface area (Å²) in [6.45, 7) is 6.82. The molecule has 3 heteroatoms. The van der Waals surface area contributed by atoms with Gasteiger partial charge in [0.05, 0.1) is 17.8 Å². The normalized spacial score (nSPS) is 10.9. The maximum absolute atomic E-state index is 5.91. The highest BCUT2D eigenvalue weighted by atomic mass is 127. The minimum Gasteiger partial charge on any atom is -0.496 e. The van der Waals surface area contributed by atoms with E-state index in [0.29, 0.717) is 0 Å². The van der Waals surface area contributed by atoms with Crippen LogP contribution in [-0.4, -0.2) is 14.2 Å². The lowest BCUT2D eigenvalue weighted by Gasteiger charge is -2.25. The second-order valence-corrected chi connectivity index (χ2v) is 9.28. The van der Waals surface area contributed by atoms with Crippen molar-refractivity contribution in [2.75, 3.05) is 14.2 Å². The minimum atomic E-state index is 0.894. The summed E-state index contributed by atoms with van der Waals surface area (Å²) < 4.78 is 12.7. The molecule has 0 atom stereocenters. The molecule has 3 aromatic rings. The van der Waals surface area contributed by atoms with E-state index in [0.717, 1.165) is 53.6 Å². The van der Waals surface area contributed by atoms with Gasteiger partial charge in [-0.15, -0.1) is 0 Å². The Balaban J connectivity index is 2.50. The van der Waals surface area contributed by atoms with Gasteiger partial charge in [-0.2, -0.15) is 0 Å². The highest BCUT2D eigenvalue weighted by Gasteiger charge is 2.24. The Morgan fingerprint density at radius 2 is 1.22 bits per heavy atom. The molecular formula is C29H35IO2. The van der Waals surface area contributed by atoms with E-state index in [9.17, 15) is 0 Å². The first-order valence-corrected chi connectivity index (χ1v) is 12.8. The lowest BCUT2D eigenvalue weighted by atomic mass is 9.81. The van der Waals surface area contributed by atoms with E-state index in [1.807, 2.05) is 12.1 Å². The molecule has 0 bridgehead atoms. The molecule has 0 unspecified atom stereocenters. The molecule has 3 rings (SSSR count). The Kier molecular flexibility index (Phi) is 9.03. The van der Waals surface area contributed by atoms with Gasteiger partial charge in [0.1, 0.15) is 11.5 Å². The number of methoxy groups -OCH3 is 2. The molecule has 3 aromatic carbocycles. The average Bonchev–Trinajstić information content (AvgIpc) is 2.81. The van der Waals surface area contributed by atoms with E-state index in [2.05, 4.69) is 79.8 Å². The SMILES string of the molecule is CCCc1cc(CCC)c(-c2c(OC)ccc(OC)c2I)c(CCC)c1-c1ccccc1. The summed E-state index contributed by atoms with van der Waals surface area (Å²) >= 11 is 2.43. The maximum Gasteiger partial charge on any atom is 0.133 e. The molecular weight excluding hydrogens is 507 g/mol. The predicted octanol–water partition coefficient (Wildman–Crippen LogP) is 8.50. The average molecular weight is 543 g/mol. The molecule has 0 aliphatic carbocycles. The van der Waals surface area contributed by atoms with E-state index >= 15 is 0 Å². The van der Waals surface area contributed by atoms with Gasteiger partial charge in [0.15, 0.2) is 0 Å². The Morgan fingerprint density at radius 1 is 0.656 bits per heavy atom. The van der Waals surface area contributed by atoms with Crippen LogP contribution in [0.3, 0.4) is 0 Å². The van der Waals surface area contributed by atoms with Gasteiger partial charge in [0.2, 0.25) is 0 Å². The summed E-state index contributed by atoms with van der Waals surface area (Å²) in [4.78, 5) is 0. The zero-order chi connectivity index (χ0) is 23.1. The summed E-state index contributed by atoms with van der Waals surface area (Å²) in [6, 6.07) is 17.4. The van der Waals surface area contributed by atoms with Crippen LogP contribution >= 0.6 is 22.6 Å². The first kappa shape index (κ1) is 24.6. The third-order valence-corrected chi connectivity index (χ3v) is 7.02. The second kappa shape index (κ2) is 11.7. The number of benzene rings is 3. The molecule has 0 aliphatic rings. The summed E-state index contributed by atoms with van der Waals surface area (Å²) in [6.07, 6.45) is 6.51. The third kappa shape index (κ3) is 4.98. The number of aryl methyl sites for hydroxylation is 2. The Morgan fingerprint density at radius 3 is 1.78 bits per heavy atom. The largest absolute Gasteiger partial charge is 0.496 e. The van der Waals surface area contributed by atoms with Crippen molar-refractivity contribution in [2.24, 2.45) is 0 Å². The molecule has 0 radical (unpaired) electrons. The molecule has 0 aromatic heterocycles. The van der Waals surface area contributed by atoms with Crippen molar-refractivity contribution in [3.8, 4) is 33.8 Å². The highest BCUT2D eigenvalue weighted by Crippen LogP contribution is 2.46. The van der Waals surface area contributed by atoms with Gasteiger partial charge in [0, 0.05) is 5.56 Å². The molecule has 0 aliphatic heterocycles. The third-order valence-electron chi connectivity index (χ3n) is 5.95. The molecule has 0 spiro atoms. The van der Waals surface area contributed by atoms with Crippen LogP contribution in [-0.2, 0) is 19.3 Å². The first-order chi connectivity index (χ1) is 15.6. The van der Waals surface area contributed by atoms with Crippen LogP contribution in [0.25, 0.3) is 22.3 Å². The van der Waals surface area contributed by atoms with Crippen LogP contribution in [0.2, 0.25) is 0 Å². The topological polar surface area (TPSA) is 18.5 Å². The van der Waals surface area contributed by atoms with Crippen LogP contribution in [0.15, 0.2) is 48.5 Å². The van der Waals surface area contributed by atoms with Crippen molar-refractivity contribution in [1.82, 2.24) is 0 Å². The Bertz CT molecular complexity index is 1040. The molecule has 0 saturated heterocycles. The molecule has 170 valence electrons. The number of hydrogen-bond donors (Lipinski definition) is 0. The molecule has 0 amide bonds.